The lowest BCUT2D eigenvalue weighted by Gasteiger charge is -2.31. The Balaban J connectivity index is 4.22. The molecule has 0 saturated carbocycles. The van der Waals surface area contributed by atoms with E-state index in [1.165, 1.54) is 193 Å². The SMILES string of the molecule is CCCCCCCCCCCC[Si](CCCCCCCCCCCC)(CCCCCCCCCCCC)[Si][Si]. The predicted octanol–water partition coefficient (Wildman–Crippen LogP) is 13.5. The first-order valence-electron chi connectivity index (χ1n) is 18.7. The highest BCUT2D eigenvalue weighted by molar-refractivity contribution is 7.40. The van der Waals surface area contributed by atoms with E-state index < -0.39 is 7.59 Å². The maximum atomic E-state index is 4.19. The van der Waals surface area contributed by atoms with Gasteiger partial charge in [-0.3, -0.25) is 0 Å². The molecule has 0 nitrogen and oxygen atoms in total. The van der Waals surface area contributed by atoms with Gasteiger partial charge in [0.25, 0.3) is 0 Å². The van der Waals surface area contributed by atoms with Crippen LogP contribution in [0.1, 0.15) is 213 Å². The molecule has 0 atom stereocenters. The highest BCUT2D eigenvalue weighted by Crippen LogP contribution is 2.29. The van der Waals surface area contributed by atoms with E-state index in [-0.39, 0.29) is 0 Å². The maximum absolute atomic E-state index is 4.19. The molecule has 0 aromatic carbocycles. The first-order valence-corrected chi connectivity index (χ1v) is 24.8. The van der Waals surface area contributed by atoms with Crippen LogP contribution in [0.15, 0.2) is 0 Å². The summed E-state index contributed by atoms with van der Waals surface area (Å²) in [6.45, 7) is 6.97. The van der Waals surface area contributed by atoms with E-state index in [0.717, 1.165) is 8.55 Å². The lowest BCUT2D eigenvalue weighted by Crippen LogP contribution is -2.42. The van der Waals surface area contributed by atoms with Gasteiger partial charge in [0, 0.05) is 25.9 Å². The van der Waals surface area contributed by atoms with Gasteiger partial charge >= 0.3 is 0 Å². The molecule has 0 N–H and O–H groups in total. The van der Waals surface area contributed by atoms with E-state index in [9.17, 15) is 0 Å². The van der Waals surface area contributed by atoms with Crippen molar-refractivity contribution in [3.63, 3.8) is 0 Å². The molecule has 0 aromatic rings. The summed E-state index contributed by atoms with van der Waals surface area (Å²) in [7, 11) is 4.19. The fourth-order valence-corrected chi connectivity index (χ4v) is 16.4. The van der Waals surface area contributed by atoms with Crippen molar-refractivity contribution in [2.75, 3.05) is 0 Å². The molecule has 3 heteroatoms. The van der Waals surface area contributed by atoms with Gasteiger partial charge in [-0.25, -0.2) is 0 Å². The minimum Gasteiger partial charge on any atom is -0.0654 e. The monoisotopic (exact) mass is 592 g/mol. The van der Waals surface area contributed by atoms with Crippen LogP contribution in [0.2, 0.25) is 18.1 Å². The zero-order chi connectivity index (χ0) is 28.5. The molecule has 0 rings (SSSR count). The second-order valence-electron chi connectivity index (χ2n) is 13.2. The Morgan fingerprint density at radius 1 is 0.308 bits per heavy atom. The molecule has 0 aliphatic rings. The molecule has 39 heavy (non-hydrogen) atoms. The van der Waals surface area contributed by atoms with Gasteiger partial charge in [-0.15, -0.1) is 0 Å². The molecule has 0 saturated heterocycles. The van der Waals surface area contributed by atoms with Crippen LogP contribution in [-0.4, -0.2) is 25.9 Å². The first-order chi connectivity index (χ1) is 19.2. The van der Waals surface area contributed by atoms with Gasteiger partial charge in [0.05, 0.1) is 0 Å². The molecular weight excluding hydrogens is 517 g/mol. The maximum Gasteiger partial charge on any atom is 0.0381 e. The number of hydrogen-bond donors (Lipinski definition) is 0. The zero-order valence-corrected chi connectivity index (χ0v) is 30.8. The third-order valence-corrected chi connectivity index (χ3v) is 22.4. The Bertz CT molecular complexity index is 379. The summed E-state index contributed by atoms with van der Waals surface area (Å²) in [5.41, 5.74) is 0. The lowest BCUT2D eigenvalue weighted by atomic mass is 10.1. The van der Waals surface area contributed by atoms with E-state index in [1.54, 1.807) is 18.1 Å². The summed E-state index contributed by atoms with van der Waals surface area (Å²) in [5.74, 6) is 0. The summed E-state index contributed by atoms with van der Waals surface area (Å²) >= 11 is 0. The largest absolute Gasteiger partial charge is 0.0654 e. The molecule has 231 valence electrons. The summed E-state index contributed by atoms with van der Waals surface area (Å²) < 4.78 is 0. The van der Waals surface area contributed by atoms with E-state index >= 15 is 0 Å². The van der Waals surface area contributed by atoms with Crippen LogP contribution in [0.4, 0.5) is 0 Å². The normalized spacial score (nSPS) is 12.0. The summed E-state index contributed by atoms with van der Waals surface area (Å²) in [6.07, 6.45) is 44.3. The summed E-state index contributed by atoms with van der Waals surface area (Å²) in [4.78, 5) is 0. The molecule has 0 amide bonds. The van der Waals surface area contributed by atoms with Gasteiger partial charge < -0.3 is 0 Å². The summed E-state index contributed by atoms with van der Waals surface area (Å²) in [5, 5.41) is 0. The molecule has 0 spiro atoms. The minimum atomic E-state index is -1.10. The quantitative estimate of drug-likeness (QED) is 0.0515. The van der Waals surface area contributed by atoms with E-state index in [2.05, 4.69) is 30.5 Å². The highest BCUT2D eigenvalue weighted by Gasteiger charge is 2.29. The second kappa shape index (κ2) is 33.2. The molecule has 0 fully saturated rings. The Kier molecular flexibility index (Phi) is 33.7. The average molecular weight is 592 g/mol. The van der Waals surface area contributed by atoms with Crippen LogP contribution in [0.5, 0.6) is 0 Å². The topological polar surface area (TPSA) is 0 Å². The van der Waals surface area contributed by atoms with Crippen molar-refractivity contribution in [2.24, 2.45) is 0 Å². The molecule has 0 unspecified atom stereocenters. The van der Waals surface area contributed by atoms with Gasteiger partial charge in [0.1, 0.15) is 0 Å². The molecule has 0 aliphatic heterocycles. The first kappa shape index (κ1) is 39.7. The fraction of sp³-hybridized carbons (Fsp3) is 1.00. The van der Waals surface area contributed by atoms with Crippen molar-refractivity contribution in [1.82, 2.24) is 0 Å². The van der Waals surface area contributed by atoms with Crippen LogP contribution < -0.4 is 0 Å². The van der Waals surface area contributed by atoms with Gasteiger partial charge in [-0.05, 0) is 0 Å². The van der Waals surface area contributed by atoms with Crippen molar-refractivity contribution in [2.45, 2.75) is 232 Å². The molecule has 0 bridgehead atoms. The number of rotatable bonds is 34. The molecule has 5 radical (unpaired) electrons. The Morgan fingerprint density at radius 2 is 0.487 bits per heavy atom. The predicted molar refractivity (Wildman–Crippen MR) is 187 cm³/mol. The Morgan fingerprint density at radius 3 is 0.667 bits per heavy atom. The smallest absolute Gasteiger partial charge is 0.0381 e. The fourth-order valence-electron chi connectivity index (χ4n) is 6.41. The zero-order valence-electron chi connectivity index (χ0n) is 27.8. The third kappa shape index (κ3) is 28.5. The van der Waals surface area contributed by atoms with Gasteiger partial charge in [-0.2, -0.15) is 0 Å². The van der Waals surface area contributed by atoms with Gasteiger partial charge in [-0.1, -0.05) is 232 Å². The van der Waals surface area contributed by atoms with Crippen LogP contribution in [0.25, 0.3) is 0 Å². The van der Waals surface area contributed by atoms with Crippen molar-refractivity contribution in [3.05, 3.63) is 0 Å². The van der Waals surface area contributed by atoms with Crippen LogP contribution >= 0.6 is 0 Å². The van der Waals surface area contributed by atoms with Crippen molar-refractivity contribution < 1.29 is 0 Å². The van der Waals surface area contributed by atoms with Crippen molar-refractivity contribution in [1.29, 1.82) is 0 Å². The minimum absolute atomic E-state index is 1.10. The van der Waals surface area contributed by atoms with Crippen molar-refractivity contribution >= 4 is 25.9 Å². The highest BCUT2D eigenvalue weighted by atomic mass is 29.5. The average Bonchev–Trinajstić information content (AvgIpc) is 2.95. The van der Waals surface area contributed by atoms with E-state index in [1.807, 2.05) is 0 Å². The second-order valence-corrected chi connectivity index (χ2v) is 23.7. The van der Waals surface area contributed by atoms with Crippen LogP contribution in [0.3, 0.4) is 0 Å². The van der Waals surface area contributed by atoms with Crippen molar-refractivity contribution in [3.8, 4) is 0 Å². The van der Waals surface area contributed by atoms with Crippen LogP contribution in [0, 0.1) is 0 Å². The lowest BCUT2D eigenvalue weighted by molar-refractivity contribution is 0.557. The van der Waals surface area contributed by atoms with Gasteiger partial charge in [0.15, 0.2) is 0 Å². The third-order valence-electron chi connectivity index (χ3n) is 9.29. The summed E-state index contributed by atoms with van der Waals surface area (Å²) in [6, 6.07) is 4.88. The molecule has 0 heterocycles. The number of unbranched alkanes of at least 4 members (excludes halogenated alkanes) is 27. The molecule has 0 aliphatic carbocycles. The molecule has 0 aromatic heterocycles. The van der Waals surface area contributed by atoms with E-state index in [0.29, 0.717) is 0 Å². The van der Waals surface area contributed by atoms with Gasteiger partial charge in [0.2, 0.25) is 0 Å². The van der Waals surface area contributed by atoms with Crippen LogP contribution in [-0.2, 0) is 0 Å². The Hall–Kier alpha value is 0.651. The number of hydrogen-bond acceptors (Lipinski definition) is 0. The molecular formula is C36H75Si3. The standard InChI is InChI=1S/C36H75Si3/c1-4-7-10-13-16-19-22-25-28-31-34-39(38-37,35-32-29-26-23-20-17-14-11-8-5-2)36-33-30-27-24-21-18-15-12-9-6-3/h4-36H2,1-3H3. The van der Waals surface area contributed by atoms with E-state index in [4.69, 9.17) is 0 Å². The Labute approximate surface area is 256 Å².